The summed E-state index contributed by atoms with van der Waals surface area (Å²) in [7, 11) is -0.222. The smallest absolute Gasteiger partial charge is 0.297 e. The summed E-state index contributed by atoms with van der Waals surface area (Å²) < 4.78 is 20.4. The van der Waals surface area contributed by atoms with Crippen LogP contribution >= 0.6 is 0 Å². The van der Waals surface area contributed by atoms with Gasteiger partial charge in [-0.2, -0.15) is 0 Å². The third-order valence-corrected chi connectivity index (χ3v) is 13.9. The van der Waals surface area contributed by atoms with E-state index in [1.54, 1.807) is 89.9 Å². The average Bonchev–Trinajstić information content (AvgIpc) is 3.82. The van der Waals surface area contributed by atoms with Gasteiger partial charge in [0.15, 0.2) is 25.4 Å². The lowest BCUT2D eigenvalue weighted by Crippen LogP contribution is -2.46. The molecule has 3 aliphatic heterocycles. The number of carbonyl (C=O) groups excluding carboxylic acids is 2. The van der Waals surface area contributed by atoms with Gasteiger partial charge in [0.25, 0.3) is 17.0 Å². The molecule has 1 spiro atoms. The van der Waals surface area contributed by atoms with Crippen LogP contribution in [0.4, 0.5) is 5.69 Å². The van der Waals surface area contributed by atoms with Crippen molar-refractivity contribution in [3.8, 4) is 22.9 Å². The van der Waals surface area contributed by atoms with Gasteiger partial charge in [-0.1, -0.05) is 19.1 Å². The molecule has 14 heteroatoms. The molecule has 0 saturated carbocycles. The molecule has 3 aliphatic rings. The summed E-state index contributed by atoms with van der Waals surface area (Å²) in [5, 5.41) is 9.95. The van der Waals surface area contributed by atoms with Crippen molar-refractivity contribution >= 4 is 25.8 Å². The van der Waals surface area contributed by atoms with E-state index in [-0.39, 0.29) is 60.0 Å². The number of hydrogen-bond acceptors (Lipinski definition) is 9. The van der Waals surface area contributed by atoms with Gasteiger partial charge in [-0.05, 0) is 86.1 Å². The molecule has 7 rings (SSSR count). The Morgan fingerprint density at radius 3 is 2.13 bits per heavy atom. The highest BCUT2D eigenvalue weighted by atomic mass is 28.4. The molecule has 2 fully saturated rings. The fourth-order valence-electron chi connectivity index (χ4n) is 8.83. The van der Waals surface area contributed by atoms with Crippen molar-refractivity contribution in [3.05, 3.63) is 111 Å². The number of rotatable bonds is 10. The van der Waals surface area contributed by atoms with Crippen molar-refractivity contribution in [1.29, 1.82) is 0 Å². The van der Waals surface area contributed by atoms with Crippen LogP contribution in [0.2, 0.25) is 18.6 Å². The molecular weight excluding hydrogens is 709 g/mol. The van der Waals surface area contributed by atoms with Gasteiger partial charge in [0.05, 0.1) is 51.6 Å². The van der Waals surface area contributed by atoms with E-state index in [1.165, 1.54) is 23.4 Å². The van der Waals surface area contributed by atoms with E-state index in [9.17, 15) is 24.3 Å². The number of pyridine rings is 2. The second-order valence-corrected chi connectivity index (χ2v) is 18.9. The van der Waals surface area contributed by atoms with Crippen LogP contribution in [0.1, 0.15) is 37.3 Å². The number of hydrogen-bond donors (Lipinski definition) is 2. The summed E-state index contributed by atoms with van der Waals surface area (Å²) in [6.45, 7) is 6.07. The standard InChI is InChI=1S/C40H46N4O9Si/c1-25-36(54(4,5)50)34(22-35(46)41-18-6-9-29(41)24-45)53-40(25)30-21-28(43-20-8-11-33(52-3)38(43)48)16-17-31(30)44(39(40)49)23-26-12-14-27(15-13-26)42-19-7-10-32(51-2)37(42)47/h7-8,10-17,19-21,25,29,34,36,45,50H,6,9,18,22-24H2,1-5H3/t25-,29-,34+,36-,40+/m0/s1. The number of likely N-dealkylation sites (tertiary alicyclic amines) is 1. The minimum atomic E-state index is -3.10. The molecule has 2 N–H and O–H groups in total. The zero-order valence-corrected chi connectivity index (χ0v) is 32.1. The number of aromatic nitrogens is 2. The number of benzene rings is 2. The maximum atomic E-state index is 15.1. The molecule has 5 atom stereocenters. The van der Waals surface area contributed by atoms with Crippen molar-refractivity contribution in [2.75, 3.05) is 32.3 Å². The van der Waals surface area contributed by atoms with Crippen molar-refractivity contribution in [2.45, 2.75) is 69.1 Å². The van der Waals surface area contributed by atoms with E-state index in [4.69, 9.17) is 14.2 Å². The second-order valence-electron chi connectivity index (χ2n) is 14.9. The number of aliphatic hydroxyl groups excluding tert-OH is 1. The summed E-state index contributed by atoms with van der Waals surface area (Å²) in [4.78, 5) is 70.4. The number of nitrogens with zero attached hydrogens (tertiary/aromatic N) is 4. The summed E-state index contributed by atoms with van der Waals surface area (Å²) in [5.74, 6) is -0.692. The largest absolute Gasteiger partial charge is 0.491 e. The molecule has 284 valence electrons. The van der Waals surface area contributed by atoms with Crippen LogP contribution in [-0.2, 0) is 26.5 Å². The van der Waals surface area contributed by atoms with Crippen molar-refractivity contribution < 1.29 is 33.7 Å². The van der Waals surface area contributed by atoms with Crippen LogP contribution in [0.3, 0.4) is 0 Å². The van der Waals surface area contributed by atoms with Gasteiger partial charge in [0.1, 0.15) is 0 Å². The van der Waals surface area contributed by atoms with E-state index in [0.717, 1.165) is 12.0 Å². The van der Waals surface area contributed by atoms with Crippen molar-refractivity contribution in [1.82, 2.24) is 14.0 Å². The number of amides is 2. The minimum Gasteiger partial charge on any atom is -0.491 e. The first kappa shape index (κ1) is 37.3. The molecule has 4 aromatic rings. The Morgan fingerprint density at radius 1 is 0.926 bits per heavy atom. The topological polar surface area (TPSA) is 153 Å². The maximum absolute atomic E-state index is 15.1. The first-order chi connectivity index (χ1) is 25.8. The Labute approximate surface area is 314 Å². The molecule has 0 aliphatic carbocycles. The monoisotopic (exact) mass is 754 g/mol. The van der Waals surface area contributed by atoms with Crippen LogP contribution in [0.25, 0.3) is 11.4 Å². The van der Waals surface area contributed by atoms with Crippen molar-refractivity contribution in [3.63, 3.8) is 0 Å². The minimum absolute atomic E-state index is 0.0486. The molecule has 2 amide bonds. The quantitative estimate of drug-likeness (QED) is 0.231. The van der Waals surface area contributed by atoms with E-state index in [1.807, 2.05) is 19.1 Å². The molecule has 13 nitrogen and oxygen atoms in total. The van der Waals surface area contributed by atoms with E-state index in [2.05, 4.69) is 0 Å². The van der Waals surface area contributed by atoms with Gasteiger partial charge in [0, 0.05) is 47.3 Å². The van der Waals surface area contributed by atoms with Gasteiger partial charge in [-0.25, -0.2) is 0 Å². The summed E-state index contributed by atoms with van der Waals surface area (Å²) in [6.07, 6.45) is 3.96. The molecule has 0 unspecified atom stereocenters. The Kier molecular flexibility index (Phi) is 9.89. The highest BCUT2D eigenvalue weighted by Crippen LogP contribution is 2.60. The lowest BCUT2D eigenvalue weighted by Gasteiger charge is -2.33. The first-order valence-corrected chi connectivity index (χ1v) is 21.2. The maximum Gasteiger partial charge on any atom is 0.297 e. The number of carbonyl (C=O) groups is 2. The molecule has 54 heavy (non-hydrogen) atoms. The zero-order valence-electron chi connectivity index (χ0n) is 31.1. The van der Waals surface area contributed by atoms with Crippen LogP contribution in [0, 0.1) is 5.92 Å². The fourth-order valence-corrected chi connectivity index (χ4v) is 11.4. The van der Waals surface area contributed by atoms with Gasteiger partial charge in [0.2, 0.25) is 5.91 Å². The zero-order chi connectivity index (χ0) is 38.5. The average molecular weight is 755 g/mol. The van der Waals surface area contributed by atoms with Gasteiger partial charge >= 0.3 is 0 Å². The molecular formula is C40H46N4O9Si. The molecule has 2 saturated heterocycles. The van der Waals surface area contributed by atoms with E-state index < -0.39 is 31.5 Å². The number of methoxy groups -OCH3 is 2. The van der Waals surface area contributed by atoms with Gasteiger partial charge < -0.3 is 33.9 Å². The van der Waals surface area contributed by atoms with E-state index >= 15 is 4.79 Å². The van der Waals surface area contributed by atoms with Crippen LogP contribution in [0.15, 0.2) is 88.7 Å². The van der Waals surface area contributed by atoms with Crippen molar-refractivity contribution in [2.24, 2.45) is 5.92 Å². The first-order valence-electron chi connectivity index (χ1n) is 18.2. The predicted octanol–water partition coefficient (Wildman–Crippen LogP) is 3.72. The molecule has 2 aromatic heterocycles. The van der Waals surface area contributed by atoms with Crippen LogP contribution in [0.5, 0.6) is 11.5 Å². The Balaban J connectivity index is 1.31. The van der Waals surface area contributed by atoms with E-state index in [0.29, 0.717) is 35.6 Å². The lowest BCUT2D eigenvalue weighted by molar-refractivity contribution is -0.150. The number of aliphatic hydroxyl groups is 1. The number of ether oxygens (including phenoxy) is 3. The number of anilines is 1. The molecule has 0 radical (unpaired) electrons. The predicted molar refractivity (Wildman–Crippen MR) is 204 cm³/mol. The number of fused-ring (bicyclic) bond motifs is 2. The SMILES string of the molecule is COc1cccn(-c2ccc(CN3C(=O)[C@]4(O[C@H](CC(=O)N5CCC[C@H]5CO)[C@@H]([Si](C)(C)O)[C@@H]4C)c4cc(-n5cccc(OC)c5=O)ccc43)cc2)c1=O. The highest BCUT2D eigenvalue weighted by molar-refractivity contribution is 6.71. The molecule has 0 bridgehead atoms. The Morgan fingerprint density at radius 2 is 1.54 bits per heavy atom. The van der Waals surface area contributed by atoms with Crippen LogP contribution in [-0.4, -0.2) is 83.6 Å². The summed E-state index contributed by atoms with van der Waals surface area (Å²) in [5.41, 5.74) is 0.279. The lowest BCUT2D eigenvalue weighted by atomic mass is 9.82. The van der Waals surface area contributed by atoms with Gasteiger partial charge in [-0.3, -0.25) is 28.3 Å². The summed E-state index contributed by atoms with van der Waals surface area (Å²) in [6, 6.07) is 19.0. The Bertz CT molecular complexity index is 2200. The van der Waals surface area contributed by atoms with Gasteiger partial charge in [-0.15, -0.1) is 0 Å². The molecule has 5 heterocycles. The highest BCUT2D eigenvalue weighted by Gasteiger charge is 2.66. The second kappa shape index (κ2) is 14.3. The normalized spacial score (nSPS) is 23.6. The third-order valence-electron chi connectivity index (χ3n) is 11.3. The third kappa shape index (κ3) is 6.16. The Hall–Kier alpha value is -5.02. The van der Waals surface area contributed by atoms with Crippen LogP contribution < -0.4 is 25.5 Å². The summed E-state index contributed by atoms with van der Waals surface area (Å²) >= 11 is 0. The molecule has 2 aromatic carbocycles. The fraction of sp³-hybridized carbons (Fsp3) is 0.400.